The lowest BCUT2D eigenvalue weighted by Crippen LogP contribution is -2.36. The Kier molecular flexibility index (Phi) is 7.05. The summed E-state index contributed by atoms with van der Waals surface area (Å²) < 4.78 is 4.93. The zero-order valence-corrected chi connectivity index (χ0v) is 17.0. The van der Waals surface area contributed by atoms with Crippen molar-refractivity contribution in [1.82, 2.24) is 0 Å². The molecule has 4 nitrogen and oxygen atoms in total. The number of unbranched alkanes of at least 4 members (excludes halogenated alkanes) is 3. The third-order valence-electron chi connectivity index (χ3n) is 4.80. The van der Waals surface area contributed by atoms with Gasteiger partial charge in [-0.25, -0.2) is 0 Å². The highest BCUT2D eigenvalue weighted by Gasteiger charge is 2.44. The van der Waals surface area contributed by atoms with Gasteiger partial charge < -0.3 is 9.64 Å². The minimum absolute atomic E-state index is 0.116. The average molecular weight is 410 g/mol. The fraction of sp³-hybridized carbons (Fsp3) is 0.600. The Morgan fingerprint density at radius 2 is 1.92 bits per heavy atom. The molecular weight excluding hydrogens is 382 g/mol. The van der Waals surface area contributed by atoms with Crippen molar-refractivity contribution < 1.29 is 14.3 Å². The number of fused-ring (bicyclic) bond motifs is 1. The van der Waals surface area contributed by atoms with Crippen LogP contribution in [0.15, 0.2) is 18.2 Å². The number of esters is 1. The SMILES string of the molecule is CCOC(=O)CCCCCCN1C(=O)C(C)(C)c2cccc(CBr)c21. The molecule has 0 saturated heterocycles. The van der Waals surface area contributed by atoms with Gasteiger partial charge in [0.25, 0.3) is 0 Å². The predicted octanol–water partition coefficient (Wildman–Crippen LogP) is 4.72. The van der Waals surface area contributed by atoms with Crippen LogP contribution < -0.4 is 4.90 Å². The maximum absolute atomic E-state index is 12.9. The van der Waals surface area contributed by atoms with Gasteiger partial charge in [0.05, 0.1) is 17.7 Å². The normalized spacial score (nSPS) is 15.4. The second kappa shape index (κ2) is 8.84. The van der Waals surface area contributed by atoms with Crippen LogP contribution in [0.2, 0.25) is 0 Å². The van der Waals surface area contributed by atoms with Gasteiger partial charge in [0, 0.05) is 18.3 Å². The van der Waals surface area contributed by atoms with Crippen molar-refractivity contribution in [2.45, 2.75) is 63.6 Å². The molecule has 0 aliphatic carbocycles. The van der Waals surface area contributed by atoms with Crippen molar-refractivity contribution in [3.8, 4) is 0 Å². The van der Waals surface area contributed by atoms with Crippen molar-refractivity contribution >= 4 is 33.5 Å². The van der Waals surface area contributed by atoms with E-state index in [2.05, 4.69) is 28.1 Å². The van der Waals surface area contributed by atoms with Crippen LogP contribution in [-0.2, 0) is 25.1 Å². The highest BCUT2D eigenvalue weighted by atomic mass is 79.9. The fourth-order valence-electron chi connectivity index (χ4n) is 3.42. The largest absolute Gasteiger partial charge is 0.466 e. The van der Waals surface area contributed by atoms with Gasteiger partial charge in [-0.2, -0.15) is 0 Å². The van der Waals surface area contributed by atoms with Crippen molar-refractivity contribution in [2.75, 3.05) is 18.1 Å². The van der Waals surface area contributed by atoms with Gasteiger partial charge in [-0.3, -0.25) is 9.59 Å². The van der Waals surface area contributed by atoms with E-state index in [4.69, 9.17) is 4.74 Å². The number of anilines is 1. The Morgan fingerprint density at radius 1 is 1.20 bits per heavy atom. The van der Waals surface area contributed by atoms with Crippen LogP contribution in [0, 0.1) is 0 Å². The first-order valence-electron chi connectivity index (χ1n) is 9.09. The molecule has 0 unspecified atom stereocenters. The predicted molar refractivity (Wildman–Crippen MR) is 104 cm³/mol. The maximum Gasteiger partial charge on any atom is 0.305 e. The van der Waals surface area contributed by atoms with Crippen LogP contribution in [-0.4, -0.2) is 25.0 Å². The summed E-state index contributed by atoms with van der Waals surface area (Å²) in [5.41, 5.74) is 2.91. The van der Waals surface area contributed by atoms with Crippen LogP contribution in [0.25, 0.3) is 0 Å². The minimum Gasteiger partial charge on any atom is -0.466 e. The van der Waals surface area contributed by atoms with Gasteiger partial charge in [0.15, 0.2) is 0 Å². The number of carbonyl (C=O) groups is 2. The Labute approximate surface area is 159 Å². The number of para-hydroxylation sites is 1. The first-order chi connectivity index (χ1) is 11.9. The lowest BCUT2D eigenvalue weighted by Gasteiger charge is -2.21. The molecule has 0 saturated carbocycles. The molecule has 0 bridgehead atoms. The number of nitrogens with zero attached hydrogens (tertiary/aromatic N) is 1. The van der Waals surface area contributed by atoms with E-state index in [9.17, 15) is 9.59 Å². The third-order valence-corrected chi connectivity index (χ3v) is 5.41. The summed E-state index contributed by atoms with van der Waals surface area (Å²) in [6, 6.07) is 6.18. The molecule has 1 aromatic rings. The van der Waals surface area contributed by atoms with E-state index in [-0.39, 0.29) is 11.9 Å². The smallest absolute Gasteiger partial charge is 0.305 e. The Bertz CT molecular complexity index is 627. The topological polar surface area (TPSA) is 46.6 Å². The molecule has 1 aliphatic rings. The van der Waals surface area contributed by atoms with E-state index in [1.807, 2.05) is 31.7 Å². The standard InChI is InChI=1S/C20H28BrNO3/c1-4-25-17(23)12-7-5-6-8-13-22-18-15(14-21)10-9-11-16(18)20(2,3)19(22)24/h9-11H,4-8,12-14H2,1-3H3. The second-order valence-corrected chi connectivity index (χ2v) is 7.56. The van der Waals surface area contributed by atoms with E-state index in [1.54, 1.807) is 0 Å². The number of hydrogen-bond donors (Lipinski definition) is 0. The highest BCUT2D eigenvalue weighted by molar-refractivity contribution is 9.08. The van der Waals surface area contributed by atoms with Crippen LogP contribution >= 0.6 is 15.9 Å². The average Bonchev–Trinajstić information content (AvgIpc) is 2.78. The van der Waals surface area contributed by atoms with Crippen LogP contribution in [0.1, 0.15) is 64.0 Å². The van der Waals surface area contributed by atoms with Crippen molar-refractivity contribution in [2.24, 2.45) is 0 Å². The quantitative estimate of drug-likeness (QED) is 0.336. The van der Waals surface area contributed by atoms with Gasteiger partial charge in [0.1, 0.15) is 0 Å². The molecule has 0 N–H and O–H groups in total. The van der Waals surface area contributed by atoms with E-state index in [1.165, 1.54) is 5.56 Å². The summed E-state index contributed by atoms with van der Waals surface area (Å²) in [6.07, 6.45) is 4.27. The number of alkyl halides is 1. The molecule has 0 aromatic heterocycles. The summed E-state index contributed by atoms with van der Waals surface area (Å²) in [6.45, 7) is 7.02. The van der Waals surface area contributed by atoms with E-state index in [0.717, 1.165) is 48.8 Å². The zero-order chi connectivity index (χ0) is 18.4. The number of ether oxygens (including phenoxy) is 1. The molecule has 1 heterocycles. The molecule has 0 atom stereocenters. The first kappa shape index (κ1) is 20.0. The minimum atomic E-state index is -0.461. The Morgan fingerprint density at radius 3 is 2.60 bits per heavy atom. The number of rotatable bonds is 9. The molecule has 138 valence electrons. The molecule has 25 heavy (non-hydrogen) atoms. The summed E-state index contributed by atoms with van der Waals surface area (Å²) in [7, 11) is 0. The molecule has 1 amide bonds. The number of carbonyl (C=O) groups excluding carboxylic acids is 2. The lowest BCUT2D eigenvalue weighted by atomic mass is 9.85. The lowest BCUT2D eigenvalue weighted by molar-refractivity contribution is -0.143. The van der Waals surface area contributed by atoms with E-state index in [0.29, 0.717) is 13.0 Å². The first-order valence-corrected chi connectivity index (χ1v) is 10.2. The van der Waals surface area contributed by atoms with E-state index < -0.39 is 5.41 Å². The monoisotopic (exact) mass is 409 g/mol. The maximum atomic E-state index is 12.9. The molecule has 1 aliphatic heterocycles. The summed E-state index contributed by atoms with van der Waals surface area (Å²) >= 11 is 3.54. The molecule has 2 rings (SSSR count). The number of halogens is 1. The van der Waals surface area contributed by atoms with Gasteiger partial charge in [-0.15, -0.1) is 0 Å². The van der Waals surface area contributed by atoms with Crippen LogP contribution in [0.4, 0.5) is 5.69 Å². The molecule has 5 heteroatoms. The molecule has 1 aromatic carbocycles. The number of benzene rings is 1. The third kappa shape index (κ3) is 4.43. The summed E-state index contributed by atoms with van der Waals surface area (Å²) in [5, 5.41) is 0.746. The van der Waals surface area contributed by atoms with Gasteiger partial charge in [-0.1, -0.05) is 47.0 Å². The van der Waals surface area contributed by atoms with Crippen molar-refractivity contribution in [3.05, 3.63) is 29.3 Å². The van der Waals surface area contributed by atoms with Crippen molar-refractivity contribution in [1.29, 1.82) is 0 Å². The Balaban J connectivity index is 1.91. The zero-order valence-electron chi connectivity index (χ0n) is 15.4. The number of amides is 1. The Hall–Kier alpha value is -1.36. The molecule has 0 spiro atoms. The van der Waals surface area contributed by atoms with Crippen LogP contribution in [0.3, 0.4) is 0 Å². The number of hydrogen-bond acceptors (Lipinski definition) is 3. The molecule has 0 radical (unpaired) electrons. The van der Waals surface area contributed by atoms with Gasteiger partial charge in [-0.05, 0) is 44.7 Å². The van der Waals surface area contributed by atoms with Gasteiger partial charge in [0.2, 0.25) is 5.91 Å². The van der Waals surface area contributed by atoms with Gasteiger partial charge >= 0.3 is 5.97 Å². The summed E-state index contributed by atoms with van der Waals surface area (Å²) in [5.74, 6) is 0.0669. The molecule has 0 fully saturated rings. The summed E-state index contributed by atoms with van der Waals surface area (Å²) in [4.78, 5) is 26.2. The second-order valence-electron chi connectivity index (χ2n) is 7.00. The van der Waals surface area contributed by atoms with Crippen molar-refractivity contribution in [3.63, 3.8) is 0 Å². The van der Waals surface area contributed by atoms with E-state index >= 15 is 0 Å². The molecular formula is C20H28BrNO3. The van der Waals surface area contributed by atoms with Crippen LogP contribution in [0.5, 0.6) is 0 Å². The highest BCUT2D eigenvalue weighted by Crippen LogP contribution is 2.44. The fourth-order valence-corrected chi connectivity index (χ4v) is 3.87.